The van der Waals surface area contributed by atoms with Gasteiger partial charge in [0.2, 0.25) is 0 Å². The molecule has 1 fully saturated rings. The summed E-state index contributed by atoms with van der Waals surface area (Å²) >= 11 is 1.83. The van der Waals surface area contributed by atoms with E-state index in [0.29, 0.717) is 5.25 Å². The smallest absolute Gasteiger partial charge is 0.125 e. The molecular formula is C14H20O3S. The molecule has 1 aliphatic heterocycles. The minimum absolute atomic E-state index is 0.511. The SMILES string of the molecule is COc1cccc(SC2CCOCC2)c1C(C)O. The van der Waals surface area contributed by atoms with Gasteiger partial charge in [0.15, 0.2) is 0 Å². The van der Waals surface area contributed by atoms with Crippen molar-refractivity contribution in [1.82, 2.24) is 0 Å². The van der Waals surface area contributed by atoms with Crippen LogP contribution in [0.5, 0.6) is 5.75 Å². The highest BCUT2D eigenvalue weighted by Crippen LogP contribution is 2.38. The van der Waals surface area contributed by atoms with E-state index in [0.717, 1.165) is 42.3 Å². The van der Waals surface area contributed by atoms with Gasteiger partial charge in [0.1, 0.15) is 5.75 Å². The second-order valence-electron chi connectivity index (χ2n) is 4.48. The monoisotopic (exact) mass is 268 g/mol. The molecule has 1 aromatic carbocycles. The van der Waals surface area contributed by atoms with Crippen LogP contribution < -0.4 is 4.74 Å². The predicted octanol–water partition coefficient (Wildman–Crippen LogP) is 3.02. The Morgan fingerprint density at radius 3 is 2.72 bits per heavy atom. The molecule has 0 saturated carbocycles. The van der Waals surface area contributed by atoms with Crippen LogP contribution in [-0.2, 0) is 4.74 Å². The van der Waals surface area contributed by atoms with E-state index in [4.69, 9.17) is 9.47 Å². The molecule has 0 aromatic heterocycles. The molecule has 1 aromatic rings. The molecule has 1 unspecified atom stereocenters. The summed E-state index contributed by atoms with van der Waals surface area (Å²) in [6.07, 6.45) is 1.63. The second kappa shape index (κ2) is 6.45. The highest BCUT2D eigenvalue weighted by Gasteiger charge is 2.20. The molecule has 1 aliphatic rings. The van der Waals surface area contributed by atoms with Gasteiger partial charge in [0.25, 0.3) is 0 Å². The lowest BCUT2D eigenvalue weighted by Gasteiger charge is -2.23. The van der Waals surface area contributed by atoms with Crippen molar-refractivity contribution in [1.29, 1.82) is 0 Å². The van der Waals surface area contributed by atoms with Gasteiger partial charge in [0.05, 0.1) is 13.2 Å². The Morgan fingerprint density at radius 2 is 2.11 bits per heavy atom. The summed E-state index contributed by atoms with van der Waals surface area (Å²) in [4.78, 5) is 1.12. The Hall–Kier alpha value is -0.710. The van der Waals surface area contributed by atoms with Gasteiger partial charge in [-0.15, -0.1) is 11.8 Å². The summed E-state index contributed by atoms with van der Waals surface area (Å²) in [5.41, 5.74) is 0.900. The van der Waals surface area contributed by atoms with Gasteiger partial charge in [-0.1, -0.05) is 6.07 Å². The number of aliphatic hydroxyl groups excluding tert-OH is 1. The normalized spacial score (nSPS) is 18.6. The molecule has 2 rings (SSSR count). The number of ether oxygens (including phenoxy) is 2. The van der Waals surface area contributed by atoms with Gasteiger partial charge in [0, 0.05) is 28.9 Å². The van der Waals surface area contributed by atoms with E-state index in [2.05, 4.69) is 6.07 Å². The minimum Gasteiger partial charge on any atom is -0.496 e. The van der Waals surface area contributed by atoms with Crippen molar-refractivity contribution in [2.45, 2.75) is 36.0 Å². The van der Waals surface area contributed by atoms with Gasteiger partial charge < -0.3 is 14.6 Å². The van der Waals surface area contributed by atoms with E-state index in [1.54, 1.807) is 14.0 Å². The van der Waals surface area contributed by atoms with Crippen LogP contribution in [0.2, 0.25) is 0 Å². The molecular weight excluding hydrogens is 248 g/mol. The molecule has 100 valence electrons. The Morgan fingerprint density at radius 1 is 1.39 bits per heavy atom. The molecule has 1 atom stereocenters. The van der Waals surface area contributed by atoms with Crippen molar-refractivity contribution in [3.8, 4) is 5.75 Å². The van der Waals surface area contributed by atoms with Crippen molar-refractivity contribution in [3.05, 3.63) is 23.8 Å². The van der Waals surface area contributed by atoms with Crippen molar-refractivity contribution in [2.24, 2.45) is 0 Å². The van der Waals surface area contributed by atoms with Gasteiger partial charge in [-0.2, -0.15) is 0 Å². The van der Waals surface area contributed by atoms with Crippen LogP contribution in [0.1, 0.15) is 31.4 Å². The molecule has 18 heavy (non-hydrogen) atoms. The fraction of sp³-hybridized carbons (Fsp3) is 0.571. The van der Waals surface area contributed by atoms with Crippen molar-refractivity contribution in [3.63, 3.8) is 0 Å². The fourth-order valence-corrected chi connectivity index (χ4v) is 3.53. The largest absolute Gasteiger partial charge is 0.496 e. The first kappa shape index (κ1) is 13.7. The zero-order chi connectivity index (χ0) is 13.0. The number of hydrogen-bond donors (Lipinski definition) is 1. The zero-order valence-corrected chi connectivity index (χ0v) is 11.7. The summed E-state index contributed by atoms with van der Waals surface area (Å²) in [6.45, 7) is 3.46. The Kier molecular flexibility index (Phi) is 4.92. The van der Waals surface area contributed by atoms with E-state index >= 15 is 0 Å². The van der Waals surface area contributed by atoms with E-state index < -0.39 is 6.10 Å². The highest BCUT2D eigenvalue weighted by molar-refractivity contribution is 8.00. The van der Waals surface area contributed by atoms with Crippen molar-refractivity contribution in [2.75, 3.05) is 20.3 Å². The standard InChI is InChI=1S/C14H20O3S/c1-10(15)14-12(16-2)4-3-5-13(14)18-11-6-8-17-9-7-11/h3-5,10-11,15H,6-9H2,1-2H3. The van der Waals surface area contributed by atoms with Crippen LogP contribution in [0.3, 0.4) is 0 Å². The molecule has 1 N–H and O–H groups in total. The molecule has 3 nitrogen and oxygen atoms in total. The topological polar surface area (TPSA) is 38.7 Å². The third-order valence-electron chi connectivity index (χ3n) is 3.13. The average molecular weight is 268 g/mol. The summed E-state index contributed by atoms with van der Waals surface area (Å²) in [5, 5.41) is 10.5. The van der Waals surface area contributed by atoms with Gasteiger partial charge >= 0.3 is 0 Å². The van der Waals surface area contributed by atoms with Crippen LogP contribution in [-0.4, -0.2) is 30.7 Å². The quantitative estimate of drug-likeness (QED) is 0.911. The van der Waals surface area contributed by atoms with Crippen LogP contribution in [0, 0.1) is 0 Å². The third kappa shape index (κ3) is 3.19. The van der Waals surface area contributed by atoms with Crippen molar-refractivity contribution >= 4 is 11.8 Å². The molecule has 0 bridgehead atoms. The summed E-state index contributed by atoms with van der Waals surface area (Å²) in [7, 11) is 1.64. The number of aliphatic hydroxyl groups is 1. The molecule has 1 saturated heterocycles. The van der Waals surface area contributed by atoms with Crippen LogP contribution in [0.25, 0.3) is 0 Å². The molecule has 0 radical (unpaired) electrons. The Balaban J connectivity index is 2.20. The summed E-state index contributed by atoms with van der Waals surface area (Å²) < 4.78 is 10.7. The number of benzene rings is 1. The molecule has 0 spiro atoms. The van der Waals surface area contributed by atoms with Gasteiger partial charge in [-0.05, 0) is 31.9 Å². The first-order chi connectivity index (χ1) is 8.72. The minimum atomic E-state index is -0.511. The molecule has 4 heteroatoms. The maximum Gasteiger partial charge on any atom is 0.125 e. The van der Waals surface area contributed by atoms with Gasteiger partial charge in [-0.3, -0.25) is 0 Å². The Bertz CT molecular complexity index is 387. The highest BCUT2D eigenvalue weighted by atomic mass is 32.2. The number of methoxy groups -OCH3 is 1. The van der Waals surface area contributed by atoms with E-state index in [9.17, 15) is 5.11 Å². The maximum absolute atomic E-state index is 9.93. The van der Waals surface area contributed by atoms with Crippen LogP contribution in [0.4, 0.5) is 0 Å². The lowest BCUT2D eigenvalue weighted by Crippen LogP contribution is -2.17. The third-order valence-corrected chi connectivity index (χ3v) is 4.54. The lowest BCUT2D eigenvalue weighted by molar-refractivity contribution is 0.1000. The first-order valence-electron chi connectivity index (χ1n) is 6.31. The van der Waals surface area contributed by atoms with Crippen LogP contribution >= 0.6 is 11.8 Å². The fourth-order valence-electron chi connectivity index (χ4n) is 2.19. The molecule has 0 aliphatic carbocycles. The Labute approximate surface area is 112 Å². The average Bonchev–Trinajstić information content (AvgIpc) is 2.39. The van der Waals surface area contributed by atoms with E-state index in [1.165, 1.54) is 0 Å². The number of thioether (sulfide) groups is 1. The number of rotatable bonds is 4. The predicted molar refractivity (Wildman–Crippen MR) is 73.3 cm³/mol. The summed E-state index contributed by atoms with van der Waals surface area (Å²) in [6, 6.07) is 5.94. The summed E-state index contributed by atoms with van der Waals surface area (Å²) in [5.74, 6) is 0.766. The number of hydrogen-bond acceptors (Lipinski definition) is 4. The second-order valence-corrected chi connectivity index (χ2v) is 5.82. The van der Waals surface area contributed by atoms with Gasteiger partial charge in [-0.25, -0.2) is 0 Å². The van der Waals surface area contributed by atoms with Crippen molar-refractivity contribution < 1.29 is 14.6 Å². The lowest BCUT2D eigenvalue weighted by atomic mass is 10.1. The molecule has 0 amide bonds. The maximum atomic E-state index is 9.93. The molecule has 1 heterocycles. The van der Waals surface area contributed by atoms with E-state index in [-0.39, 0.29) is 0 Å². The first-order valence-corrected chi connectivity index (χ1v) is 7.19. The van der Waals surface area contributed by atoms with Crippen LogP contribution in [0.15, 0.2) is 23.1 Å². The zero-order valence-electron chi connectivity index (χ0n) is 10.9. The van der Waals surface area contributed by atoms with E-state index in [1.807, 2.05) is 23.9 Å².